The zero-order valence-electron chi connectivity index (χ0n) is 9.25. The predicted molar refractivity (Wildman–Crippen MR) is 66.4 cm³/mol. The van der Waals surface area contributed by atoms with Gasteiger partial charge in [-0.1, -0.05) is 22.9 Å². The maximum Gasteiger partial charge on any atom is 0.253 e. The van der Waals surface area contributed by atoms with Crippen LogP contribution in [0.3, 0.4) is 0 Å². The van der Waals surface area contributed by atoms with Gasteiger partial charge in [0.05, 0.1) is 0 Å². The molecule has 0 saturated carbocycles. The average Bonchev–Trinajstić information content (AvgIpc) is 2.29. The van der Waals surface area contributed by atoms with Crippen molar-refractivity contribution in [3.63, 3.8) is 0 Å². The normalized spacial score (nSPS) is 10.2. The predicted octanol–water partition coefficient (Wildman–Crippen LogP) is 3.07. The molecule has 0 heterocycles. The van der Waals surface area contributed by atoms with E-state index in [0.29, 0.717) is 12.1 Å². The lowest BCUT2D eigenvalue weighted by Gasteiger charge is -2.21. The zero-order valence-corrected chi connectivity index (χ0v) is 10.8. The minimum absolute atomic E-state index is 0.0405. The van der Waals surface area contributed by atoms with Gasteiger partial charge in [-0.3, -0.25) is 4.79 Å². The first-order valence-electron chi connectivity index (χ1n) is 5.29. The van der Waals surface area contributed by atoms with Crippen LogP contribution in [0.2, 0.25) is 0 Å². The van der Waals surface area contributed by atoms with Crippen molar-refractivity contribution in [2.75, 3.05) is 18.4 Å². The van der Waals surface area contributed by atoms with Gasteiger partial charge in [-0.05, 0) is 30.7 Å². The van der Waals surface area contributed by atoms with Crippen molar-refractivity contribution in [2.45, 2.75) is 13.3 Å². The van der Waals surface area contributed by atoms with Gasteiger partial charge in [0.1, 0.15) is 5.82 Å². The van der Waals surface area contributed by atoms with Gasteiger partial charge in [-0.25, -0.2) is 4.39 Å². The van der Waals surface area contributed by atoms with E-state index in [1.54, 1.807) is 4.90 Å². The fraction of sp³-hybridized carbons (Fsp3) is 0.417. The van der Waals surface area contributed by atoms with Crippen molar-refractivity contribution < 1.29 is 9.18 Å². The van der Waals surface area contributed by atoms with Crippen LogP contribution in [0.4, 0.5) is 4.39 Å². The molecule has 0 spiro atoms. The minimum atomic E-state index is -0.320. The molecule has 0 radical (unpaired) electrons. The summed E-state index contributed by atoms with van der Waals surface area (Å²) in [6, 6.07) is 5.67. The molecule has 2 nitrogen and oxygen atoms in total. The monoisotopic (exact) mass is 287 g/mol. The lowest BCUT2D eigenvalue weighted by Crippen LogP contribution is -2.33. The second-order valence-corrected chi connectivity index (χ2v) is 4.28. The summed E-state index contributed by atoms with van der Waals surface area (Å²) in [5.74, 6) is -0.361. The molecule has 1 amide bonds. The van der Waals surface area contributed by atoms with Gasteiger partial charge >= 0.3 is 0 Å². The van der Waals surface area contributed by atoms with Crippen LogP contribution in [-0.2, 0) is 0 Å². The molecule has 0 N–H and O–H groups in total. The summed E-state index contributed by atoms with van der Waals surface area (Å²) in [4.78, 5) is 13.8. The van der Waals surface area contributed by atoms with Crippen molar-refractivity contribution in [2.24, 2.45) is 0 Å². The average molecular weight is 288 g/mol. The number of hydrogen-bond acceptors (Lipinski definition) is 1. The Balaban J connectivity index is 2.77. The van der Waals surface area contributed by atoms with Gasteiger partial charge in [0.25, 0.3) is 5.91 Å². The zero-order chi connectivity index (χ0) is 12.0. The molecule has 0 aromatic heterocycles. The van der Waals surface area contributed by atoms with Crippen molar-refractivity contribution in [3.8, 4) is 0 Å². The molecule has 0 atom stereocenters. The smallest absolute Gasteiger partial charge is 0.253 e. The number of amides is 1. The van der Waals surface area contributed by atoms with Crippen LogP contribution in [0.1, 0.15) is 23.7 Å². The number of halogens is 2. The van der Waals surface area contributed by atoms with E-state index in [1.807, 2.05) is 6.92 Å². The van der Waals surface area contributed by atoms with Crippen molar-refractivity contribution >= 4 is 21.8 Å². The molecule has 0 unspecified atom stereocenters. The molecule has 16 heavy (non-hydrogen) atoms. The Kier molecular flexibility index (Phi) is 5.46. The summed E-state index contributed by atoms with van der Waals surface area (Å²) in [5, 5.41) is 0.750. The summed E-state index contributed by atoms with van der Waals surface area (Å²) < 4.78 is 12.7. The fourth-order valence-corrected chi connectivity index (χ4v) is 1.89. The van der Waals surface area contributed by atoms with Gasteiger partial charge in [-0.15, -0.1) is 0 Å². The number of rotatable bonds is 5. The number of nitrogens with zero attached hydrogens (tertiary/aromatic N) is 1. The molecular formula is C12H15BrFNO. The van der Waals surface area contributed by atoms with E-state index in [-0.39, 0.29) is 11.7 Å². The van der Waals surface area contributed by atoms with Crippen molar-refractivity contribution in [1.82, 2.24) is 4.90 Å². The summed E-state index contributed by atoms with van der Waals surface area (Å²) in [7, 11) is 0. The summed E-state index contributed by atoms with van der Waals surface area (Å²) in [6.07, 6.45) is 0.917. The van der Waals surface area contributed by atoms with Crippen LogP contribution >= 0.6 is 15.9 Å². The number of alkyl halides is 1. The van der Waals surface area contributed by atoms with Crippen molar-refractivity contribution in [3.05, 3.63) is 35.6 Å². The quantitative estimate of drug-likeness (QED) is 0.762. The lowest BCUT2D eigenvalue weighted by atomic mass is 10.2. The van der Waals surface area contributed by atoms with E-state index in [0.717, 1.165) is 18.3 Å². The van der Waals surface area contributed by atoms with Crippen LogP contribution in [0.5, 0.6) is 0 Å². The number of carbonyl (C=O) groups excluding carboxylic acids is 1. The van der Waals surface area contributed by atoms with E-state index in [2.05, 4.69) is 15.9 Å². The van der Waals surface area contributed by atoms with Gasteiger partial charge in [0, 0.05) is 24.0 Å². The van der Waals surface area contributed by atoms with E-state index >= 15 is 0 Å². The van der Waals surface area contributed by atoms with Gasteiger partial charge in [0.15, 0.2) is 0 Å². The van der Waals surface area contributed by atoms with Crippen LogP contribution in [0.15, 0.2) is 24.3 Å². The first-order valence-corrected chi connectivity index (χ1v) is 6.42. The molecule has 1 aromatic rings. The highest BCUT2D eigenvalue weighted by Gasteiger charge is 2.13. The first kappa shape index (κ1) is 13.2. The van der Waals surface area contributed by atoms with E-state index < -0.39 is 0 Å². The van der Waals surface area contributed by atoms with Gasteiger partial charge in [-0.2, -0.15) is 0 Å². The van der Waals surface area contributed by atoms with Crippen molar-refractivity contribution in [1.29, 1.82) is 0 Å². The lowest BCUT2D eigenvalue weighted by molar-refractivity contribution is 0.0766. The highest BCUT2D eigenvalue weighted by Crippen LogP contribution is 2.07. The largest absolute Gasteiger partial charge is 0.338 e. The highest BCUT2D eigenvalue weighted by molar-refractivity contribution is 9.09. The molecule has 0 fully saturated rings. The second kappa shape index (κ2) is 6.63. The summed E-state index contributed by atoms with van der Waals surface area (Å²) in [5.41, 5.74) is 0.538. The van der Waals surface area contributed by atoms with E-state index in [4.69, 9.17) is 0 Å². The SMILES string of the molecule is CCCN(CCBr)C(=O)c1ccc(F)cc1. The standard InChI is InChI=1S/C12H15BrFNO/c1-2-8-15(9-7-13)12(16)10-3-5-11(14)6-4-10/h3-6H,2,7-9H2,1H3. The Labute approximate surface area is 104 Å². The Hall–Kier alpha value is -0.900. The van der Waals surface area contributed by atoms with E-state index in [1.165, 1.54) is 24.3 Å². The number of benzene rings is 1. The maximum absolute atomic E-state index is 12.7. The molecule has 1 aromatic carbocycles. The van der Waals surface area contributed by atoms with E-state index in [9.17, 15) is 9.18 Å². The Morgan fingerprint density at radius 2 is 1.94 bits per heavy atom. The third kappa shape index (κ3) is 3.59. The Bertz CT molecular complexity index is 333. The third-order valence-electron chi connectivity index (χ3n) is 2.23. The molecule has 0 aliphatic heterocycles. The Morgan fingerprint density at radius 3 is 2.44 bits per heavy atom. The summed E-state index contributed by atoms with van der Waals surface area (Å²) in [6.45, 7) is 3.42. The molecular weight excluding hydrogens is 273 g/mol. The molecule has 0 bridgehead atoms. The molecule has 0 aliphatic rings. The van der Waals surface area contributed by atoms with Crippen LogP contribution in [0.25, 0.3) is 0 Å². The summed E-state index contributed by atoms with van der Waals surface area (Å²) >= 11 is 3.32. The molecule has 0 saturated heterocycles. The molecule has 0 aliphatic carbocycles. The van der Waals surface area contributed by atoms with Crippen LogP contribution in [-0.4, -0.2) is 29.2 Å². The van der Waals surface area contributed by atoms with Crippen LogP contribution in [0, 0.1) is 5.82 Å². The fourth-order valence-electron chi connectivity index (χ4n) is 1.46. The van der Waals surface area contributed by atoms with Gasteiger partial charge in [0.2, 0.25) is 0 Å². The first-order chi connectivity index (χ1) is 7.69. The molecule has 88 valence electrons. The third-order valence-corrected chi connectivity index (χ3v) is 2.58. The van der Waals surface area contributed by atoms with Crippen LogP contribution < -0.4 is 0 Å². The van der Waals surface area contributed by atoms with Gasteiger partial charge < -0.3 is 4.90 Å². The molecule has 1 rings (SSSR count). The second-order valence-electron chi connectivity index (χ2n) is 3.49. The number of carbonyl (C=O) groups is 1. The Morgan fingerprint density at radius 1 is 1.31 bits per heavy atom. The topological polar surface area (TPSA) is 20.3 Å². The highest BCUT2D eigenvalue weighted by atomic mass is 79.9. The molecule has 4 heteroatoms. The maximum atomic E-state index is 12.7. The number of hydrogen-bond donors (Lipinski definition) is 0. The minimum Gasteiger partial charge on any atom is -0.338 e.